The van der Waals surface area contributed by atoms with Crippen molar-refractivity contribution in [1.82, 2.24) is 4.98 Å². The largest absolute Gasteiger partial charge is 0.287 e. The third-order valence-corrected chi connectivity index (χ3v) is 3.87. The Balaban J connectivity index is 1.86. The van der Waals surface area contributed by atoms with E-state index in [2.05, 4.69) is 11.1 Å². The van der Waals surface area contributed by atoms with Crippen LogP contribution >= 0.6 is 0 Å². The Bertz CT molecular complexity index is 662. The van der Waals surface area contributed by atoms with E-state index in [4.69, 9.17) is 0 Å². The standard InChI is InChI=1S/C18H19N2O/c21-18(16-9-5-2-6-10-16)14-20-12-11-19-13-17(20)15-7-3-1-4-8-15/h2,5-7,9-13H,1,3-4,8,14H2/q+1. The molecule has 0 radical (unpaired) electrons. The quantitative estimate of drug-likeness (QED) is 0.636. The van der Waals surface area contributed by atoms with Crippen LogP contribution in [0.15, 0.2) is 55.0 Å². The van der Waals surface area contributed by atoms with Gasteiger partial charge in [0.1, 0.15) is 0 Å². The molecule has 0 saturated carbocycles. The SMILES string of the molecule is O=C(C[n+]1ccncc1C1=CCCCC1)c1ccccc1. The zero-order valence-corrected chi connectivity index (χ0v) is 12.0. The van der Waals surface area contributed by atoms with Crippen molar-refractivity contribution in [2.45, 2.75) is 32.2 Å². The number of benzene rings is 1. The molecule has 3 heteroatoms. The maximum atomic E-state index is 12.4. The molecule has 0 bridgehead atoms. The lowest BCUT2D eigenvalue weighted by Crippen LogP contribution is -2.41. The molecule has 0 spiro atoms. The van der Waals surface area contributed by atoms with Crippen molar-refractivity contribution in [2.24, 2.45) is 0 Å². The lowest BCUT2D eigenvalue weighted by molar-refractivity contribution is -0.686. The van der Waals surface area contributed by atoms with E-state index in [0.717, 1.165) is 24.1 Å². The molecule has 0 atom stereocenters. The fourth-order valence-corrected chi connectivity index (χ4v) is 2.73. The number of hydrogen-bond acceptors (Lipinski definition) is 2. The monoisotopic (exact) mass is 279 g/mol. The normalized spacial score (nSPS) is 14.6. The summed E-state index contributed by atoms with van der Waals surface area (Å²) < 4.78 is 2.01. The van der Waals surface area contributed by atoms with Gasteiger partial charge in [0.2, 0.25) is 18.0 Å². The fourth-order valence-electron chi connectivity index (χ4n) is 2.73. The van der Waals surface area contributed by atoms with Crippen molar-refractivity contribution in [3.8, 4) is 0 Å². The second kappa shape index (κ2) is 6.44. The molecule has 0 aliphatic heterocycles. The highest BCUT2D eigenvalue weighted by atomic mass is 16.1. The maximum Gasteiger partial charge on any atom is 0.227 e. The second-order valence-electron chi connectivity index (χ2n) is 5.35. The van der Waals surface area contributed by atoms with Crippen LogP contribution in [-0.4, -0.2) is 10.8 Å². The molecule has 21 heavy (non-hydrogen) atoms. The summed E-state index contributed by atoms with van der Waals surface area (Å²) in [6.07, 6.45) is 12.5. The molecular formula is C18H19N2O+. The summed E-state index contributed by atoms with van der Waals surface area (Å²) in [6, 6.07) is 9.45. The Kier molecular flexibility index (Phi) is 4.20. The molecule has 0 N–H and O–H groups in total. The predicted molar refractivity (Wildman–Crippen MR) is 81.6 cm³/mol. The predicted octanol–water partition coefficient (Wildman–Crippen LogP) is 3.21. The van der Waals surface area contributed by atoms with Crippen LogP contribution in [0, 0.1) is 0 Å². The third kappa shape index (κ3) is 3.24. The number of carbonyl (C=O) groups excluding carboxylic acids is 1. The van der Waals surface area contributed by atoms with Gasteiger partial charge in [-0.2, -0.15) is 4.57 Å². The number of carbonyl (C=O) groups is 1. The zero-order chi connectivity index (χ0) is 14.5. The average molecular weight is 279 g/mol. The highest BCUT2D eigenvalue weighted by molar-refractivity contribution is 5.95. The third-order valence-electron chi connectivity index (χ3n) is 3.87. The number of hydrogen-bond donors (Lipinski definition) is 0. The van der Waals surface area contributed by atoms with E-state index in [1.165, 1.54) is 18.4 Å². The van der Waals surface area contributed by atoms with Gasteiger partial charge in [0, 0.05) is 11.1 Å². The number of nitrogens with zero attached hydrogens (tertiary/aromatic N) is 2. The molecule has 0 amide bonds. The van der Waals surface area contributed by atoms with Crippen LogP contribution in [-0.2, 0) is 6.54 Å². The first-order valence-corrected chi connectivity index (χ1v) is 7.46. The Morgan fingerprint density at radius 3 is 2.81 bits per heavy atom. The van der Waals surface area contributed by atoms with Crippen LogP contribution in [0.4, 0.5) is 0 Å². The highest BCUT2D eigenvalue weighted by Crippen LogP contribution is 2.24. The van der Waals surface area contributed by atoms with Crippen LogP contribution in [0.2, 0.25) is 0 Å². The van der Waals surface area contributed by atoms with Gasteiger partial charge in [0.25, 0.3) is 0 Å². The molecule has 1 heterocycles. The molecule has 106 valence electrons. The van der Waals surface area contributed by atoms with Gasteiger partial charge in [-0.3, -0.25) is 9.78 Å². The molecule has 0 unspecified atom stereocenters. The molecule has 0 saturated heterocycles. The van der Waals surface area contributed by atoms with Gasteiger partial charge in [-0.05, 0) is 25.7 Å². The molecular weight excluding hydrogens is 260 g/mol. The van der Waals surface area contributed by atoms with Gasteiger partial charge >= 0.3 is 0 Å². The molecule has 3 nitrogen and oxygen atoms in total. The van der Waals surface area contributed by atoms with E-state index < -0.39 is 0 Å². The van der Waals surface area contributed by atoms with Crippen LogP contribution in [0.1, 0.15) is 41.7 Å². The van der Waals surface area contributed by atoms with Crippen LogP contribution in [0.5, 0.6) is 0 Å². The van der Waals surface area contributed by atoms with Crippen molar-refractivity contribution in [3.63, 3.8) is 0 Å². The second-order valence-corrected chi connectivity index (χ2v) is 5.35. The van der Waals surface area contributed by atoms with Crippen molar-refractivity contribution >= 4 is 11.4 Å². The van der Waals surface area contributed by atoms with Crippen molar-refractivity contribution in [1.29, 1.82) is 0 Å². The number of aromatic nitrogens is 2. The van der Waals surface area contributed by atoms with E-state index in [9.17, 15) is 4.79 Å². The molecule has 3 rings (SSSR count). The fraction of sp³-hybridized carbons (Fsp3) is 0.278. The lowest BCUT2D eigenvalue weighted by atomic mass is 9.97. The van der Waals surface area contributed by atoms with Gasteiger partial charge < -0.3 is 0 Å². The first kappa shape index (κ1) is 13.7. The van der Waals surface area contributed by atoms with E-state index in [0.29, 0.717) is 6.54 Å². The number of ketones is 1. The van der Waals surface area contributed by atoms with Crippen LogP contribution in [0.3, 0.4) is 0 Å². The van der Waals surface area contributed by atoms with Gasteiger partial charge in [-0.25, -0.2) is 0 Å². The summed E-state index contributed by atoms with van der Waals surface area (Å²) in [6.45, 7) is 0.360. The Hall–Kier alpha value is -2.29. The summed E-state index contributed by atoms with van der Waals surface area (Å²) in [5.41, 5.74) is 3.14. The molecule has 1 aromatic carbocycles. The molecule has 1 aromatic heterocycles. The number of rotatable bonds is 4. The summed E-state index contributed by atoms with van der Waals surface area (Å²) in [7, 11) is 0. The molecule has 1 aliphatic rings. The summed E-state index contributed by atoms with van der Waals surface area (Å²) in [5, 5.41) is 0. The molecule has 0 fully saturated rings. The van der Waals surface area contributed by atoms with Crippen molar-refractivity contribution in [3.05, 3.63) is 66.3 Å². The van der Waals surface area contributed by atoms with Gasteiger partial charge in [0.05, 0.1) is 12.4 Å². The number of allylic oxidation sites excluding steroid dienone is 2. The Labute approximate surface area is 125 Å². The highest BCUT2D eigenvalue weighted by Gasteiger charge is 2.20. The van der Waals surface area contributed by atoms with Crippen LogP contribution in [0.25, 0.3) is 5.57 Å². The number of Topliss-reactive ketones (excluding diaryl/α,β-unsaturated/α-hetero) is 1. The summed E-state index contributed by atoms with van der Waals surface area (Å²) in [4.78, 5) is 16.6. The minimum atomic E-state index is 0.129. The van der Waals surface area contributed by atoms with Crippen LogP contribution < -0.4 is 4.57 Å². The van der Waals surface area contributed by atoms with E-state index in [1.54, 1.807) is 6.20 Å². The molecule has 1 aliphatic carbocycles. The minimum absolute atomic E-state index is 0.129. The summed E-state index contributed by atoms with van der Waals surface area (Å²) >= 11 is 0. The Morgan fingerprint density at radius 1 is 1.19 bits per heavy atom. The Morgan fingerprint density at radius 2 is 2.05 bits per heavy atom. The molecule has 2 aromatic rings. The first-order chi connectivity index (χ1) is 10.3. The maximum absolute atomic E-state index is 12.4. The minimum Gasteiger partial charge on any atom is -0.287 e. The van der Waals surface area contributed by atoms with Crippen molar-refractivity contribution < 1.29 is 9.36 Å². The summed E-state index contributed by atoms with van der Waals surface area (Å²) in [5.74, 6) is 0.129. The average Bonchev–Trinajstić information content (AvgIpc) is 2.57. The lowest BCUT2D eigenvalue weighted by Gasteiger charge is -2.11. The van der Waals surface area contributed by atoms with Gasteiger partial charge in [0.15, 0.2) is 6.20 Å². The zero-order valence-electron chi connectivity index (χ0n) is 12.0. The van der Waals surface area contributed by atoms with Gasteiger partial charge in [-0.1, -0.05) is 36.4 Å². The van der Waals surface area contributed by atoms with Gasteiger partial charge in [-0.15, -0.1) is 0 Å². The van der Waals surface area contributed by atoms with Crippen molar-refractivity contribution in [2.75, 3.05) is 0 Å². The first-order valence-electron chi connectivity index (χ1n) is 7.46. The van der Waals surface area contributed by atoms with E-state index >= 15 is 0 Å². The smallest absolute Gasteiger partial charge is 0.227 e. The van der Waals surface area contributed by atoms with E-state index in [1.807, 2.05) is 47.3 Å². The van der Waals surface area contributed by atoms with E-state index in [-0.39, 0.29) is 5.78 Å². The topological polar surface area (TPSA) is 33.8 Å².